The number of nitrogens with one attached hydrogen (secondary N) is 2. The Morgan fingerprint density at radius 3 is 2.52 bits per heavy atom. The van der Waals surface area contributed by atoms with Crippen molar-refractivity contribution in [3.05, 3.63) is 29.2 Å². The Morgan fingerprint density at radius 2 is 1.81 bits per heavy atom. The maximum absolute atomic E-state index is 12.1. The fourth-order valence-corrected chi connectivity index (χ4v) is 2.61. The van der Waals surface area contributed by atoms with Gasteiger partial charge in [0, 0.05) is 0 Å². The highest BCUT2D eigenvalue weighted by Gasteiger charge is 2.18. The second kappa shape index (κ2) is 5.06. The number of imidazole rings is 1. The van der Waals surface area contributed by atoms with Gasteiger partial charge in [-0.2, -0.15) is 9.97 Å². The Bertz CT molecular complexity index is 909. The van der Waals surface area contributed by atoms with Gasteiger partial charge in [-0.25, -0.2) is 28.1 Å². The molecule has 0 amide bonds. The maximum atomic E-state index is 12.1. The molecular weight excluding hydrogens is 341 g/mol. The molecule has 0 aromatic carbocycles. The molecule has 0 saturated heterocycles. The average molecular weight is 346 g/mol. The van der Waals surface area contributed by atoms with Gasteiger partial charge in [-0.3, -0.25) is 0 Å². The lowest BCUT2D eigenvalue weighted by Gasteiger charge is -2.06. The fourth-order valence-electron chi connectivity index (χ4n) is 1.46. The predicted molar refractivity (Wildman–Crippen MR) is 74.5 cm³/mol. The fraction of sp³-hybridized carbons (Fsp3) is 0. The molecule has 0 unspecified atom stereocenters. The largest absolute Gasteiger partial charge is 0.341 e. The SMILES string of the molecule is O=S(=O)(Nc1nc(Cl)c2[nH]cnc2n1)c1cnc(Cl)nc1. The predicted octanol–water partition coefficient (Wildman–Crippen LogP) is 1.25. The van der Waals surface area contributed by atoms with Crippen LogP contribution in [0, 0.1) is 0 Å². The van der Waals surface area contributed by atoms with Crippen LogP contribution < -0.4 is 4.72 Å². The Morgan fingerprint density at radius 1 is 1.10 bits per heavy atom. The molecule has 0 aliphatic heterocycles. The lowest BCUT2D eigenvalue weighted by Crippen LogP contribution is -2.15. The summed E-state index contributed by atoms with van der Waals surface area (Å²) in [7, 11) is -3.95. The van der Waals surface area contributed by atoms with Crippen LogP contribution in [-0.2, 0) is 10.0 Å². The molecular formula is C9H5Cl2N7O2S. The first-order valence-electron chi connectivity index (χ1n) is 5.33. The van der Waals surface area contributed by atoms with Crippen LogP contribution in [0.25, 0.3) is 11.2 Å². The van der Waals surface area contributed by atoms with Crippen molar-refractivity contribution < 1.29 is 8.42 Å². The molecule has 3 heterocycles. The Labute approximate surface area is 127 Å². The Balaban J connectivity index is 1.98. The van der Waals surface area contributed by atoms with E-state index in [0.29, 0.717) is 5.52 Å². The third-order valence-electron chi connectivity index (χ3n) is 2.37. The van der Waals surface area contributed by atoms with Crippen molar-refractivity contribution in [2.75, 3.05) is 4.72 Å². The van der Waals surface area contributed by atoms with Crippen molar-refractivity contribution in [1.29, 1.82) is 0 Å². The number of fused-ring (bicyclic) bond motifs is 1. The molecule has 9 nitrogen and oxygen atoms in total. The van der Waals surface area contributed by atoms with Crippen LogP contribution in [0.5, 0.6) is 0 Å². The quantitative estimate of drug-likeness (QED) is 0.540. The molecule has 0 atom stereocenters. The third kappa shape index (κ3) is 2.73. The number of nitrogens with zero attached hydrogens (tertiary/aromatic N) is 5. The van der Waals surface area contributed by atoms with Gasteiger partial charge in [0.1, 0.15) is 10.4 Å². The van der Waals surface area contributed by atoms with Crippen LogP contribution in [0.3, 0.4) is 0 Å². The third-order valence-corrected chi connectivity index (χ3v) is 4.13. The van der Waals surface area contributed by atoms with E-state index >= 15 is 0 Å². The highest BCUT2D eigenvalue weighted by atomic mass is 35.5. The number of rotatable bonds is 3. The first-order valence-corrected chi connectivity index (χ1v) is 7.56. The van der Waals surface area contributed by atoms with E-state index in [-0.39, 0.29) is 26.9 Å². The minimum absolute atomic E-state index is 0.0440. The van der Waals surface area contributed by atoms with E-state index in [1.165, 1.54) is 6.33 Å². The van der Waals surface area contributed by atoms with Gasteiger partial charge in [0.15, 0.2) is 10.8 Å². The van der Waals surface area contributed by atoms with Crippen LogP contribution in [0.4, 0.5) is 5.95 Å². The van der Waals surface area contributed by atoms with E-state index < -0.39 is 10.0 Å². The Kier molecular flexibility index (Phi) is 3.35. The van der Waals surface area contributed by atoms with Crippen molar-refractivity contribution in [2.45, 2.75) is 4.90 Å². The number of aromatic amines is 1. The molecule has 0 spiro atoms. The molecule has 0 aliphatic carbocycles. The van der Waals surface area contributed by atoms with Gasteiger partial charge in [-0.1, -0.05) is 11.6 Å². The minimum Gasteiger partial charge on any atom is -0.341 e. The summed E-state index contributed by atoms with van der Waals surface area (Å²) in [6.45, 7) is 0. The van der Waals surface area contributed by atoms with Gasteiger partial charge >= 0.3 is 0 Å². The number of H-pyrrole nitrogens is 1. The topological polar surface area (TPSA) is 126 Å². The van der Waals surface area contributed by atoms with Crippen molar-refractivity contribution >= 4 is 50.3 Å². The number of halogens is 2. The number of aromatic nitrogens is 6. The molecule has 3 aromatic rings. The normalized spacial score (nSPS) is 11.7. The molecule has 2 N–H and O–H groups in total. The number of anilines is 1. The van der Waals surface area contributed by atoms with Crippen LogP contribution in [0.2, 0.25) is 10.4 Å². The molecule has 0 bridgehead atoms. The highest BCUT2D eigenvalue weighted by molar-refractivity contribution is 7.92. The summed E-state index contributed by atoms with van der Waals surface area (Å²) in [5.74, 6) is -0.213. The van der Waals surface area contributed by atoms with E-state index in [9.17, 15) is 8.42 Å². The van der Waals surface area contributed by atoms with Crippen LogP contribution in [-0.4, -0.2) is 38.3 Å². The van der Waals surface area contributed by atoms with E-state index in [2.05, 4.69) is 34.6 Å². The molecule has 21 heavy (non-hydrogen) atoms. The summed E-state index contributed by atoms with van der Waals surface area (Å²) in [5, 5.41) is -0.0197. The van der Waals surface area contributed by atoms with Crippen molar-refractivity contribution in [1.82, 2.24) is 29.9 Å². The molecule has 0 fully saturated rings. The monoisotopic (exact) mass is 345 g/mol. The lowest BCUT2D eigenvalue weighted by molar-refractivity contribution is 0.600. The molecule has 0 saturated carbocycles. The number of sulfonamides is 1. The average Bonchev–Trinajstić information content (AvgIpc) is 2.87. The zero-order valence-corrected chi connectivity index (χ0v) is 12.3. The van der Waals surface area contributed by atoms with Gasteiger partial charge in [0.25, 0.3) is 10.0 Å². The molecule has 12 heteroatoms. The van der Waals surface area contributed by atoms with Gasteiger partial charge in [0.2, 0.25) is 11.2 Å². The zero-order chi connectivity index (χ0) is 15.0. The second-order valence-corrected chi connectivity index (χ2v) is 6.11. The van der Waals surface area contributed by atoms with E-state index in [1.54, 1.807) is 0 Å². The maximum Gasteiger partial charge on any atom is 0.267 e. The smallest absolute Gasteiger partial charge is 0.267 e. The van der Waals surface area contributed by atoms with Crippen molar-refractivity contribution in [3.8, 4) is 0 Å². The minimum atomic E-state index is -3.95. The lowest BCUT2D eigenvalue weighted by atomic mass is 10.6. The summed E-state index contributed by atoms with van der Waals surface area (Å²) < 4.78 is 26.4. The summed E-state index contributed by atoms with van der Waals surface area (Å²) in [6.07, 6.45) is 3.50. The van der Waals surface area contributed by atoms with Crippen molar-refractivity contribution in [3.63, 3.8) is 0 Å². The number of hydrogen-bond donors (Lipinski definition) is 2. The van der Waals surface area contributed by atoms with Gasteiger partial charge in [-0.05, 0) is 11.6 Å². The first-order chi connectivity index (χ1) is 9.95. The first kappa shape index (κ1) is 13.9. The zero-order valence-electron chi connectivity index (χ0n) is 9.95. The molecule has 0 aliphatic rings. The summed E-state index contributed by atoms with van der Waals surface area (Å²) >= 11 is 11.4. The second-order valence-electron chi connectivity index (χ2n) is 3.73. The van der Waals surface area contributed by atoms with Crippen LogP contribution >= 0.6 is 23.2 Å². The van der Waals surface area contributed by atoms with E-state index in [1.807, 2.05) is 0 Å². The summed E-state index contributed by atoms with van der Waals surface area (Å²) in [6, 6.07) is 0. The van der Waals surface area contributed by atoms with E-state index in [0.717, 1.165) is 12.4 Å². The number of hydrogen-bond acceptors (Lipinski definition) is 7. The van der Waals surface area contributed by atoms with Gasteiger partial charge in [-0.15, -0.1) is 0 Å². The highest BCUT2D eigenvalue weighted by Crippen LogP contribution is 2.20. The molecule has 0 radical (unpaired) electrons. The van der Waals surface area contributed by atoms with E-state index in [4.69, 9.17) is 23.2 Å². The molecule has 108 valence electrons. The van der Waals surface area contributed by atoms with Crippen LogP contribution in [0.1, 0.15) is 0 Å². The Hall–Kier alpha value is -2.04. The van der Waals surface area contributed by atoms with Gasteiger partial charge < -0.3 is 4.98 Å². The molecule has 3 rings (SSSR count). The standard InChI is InChI=1S/C9H5Cl2N7O2S/c10-6-5-7(15-3-14-5)17-9(16-6)18-21(19,20)4-1-12-8(11)13-2-4/h1-3H,(H2,14,15,16,17,18). The molecule has 3 aromatic heterocycles. The summed E-state index contributed by atoms with van der Waals surface area (Å²) in [5.41, 5.74) is 0.648. The van der Waals surface area contributed by atoms with Crippen molar-refractivity contribution in [2.24, 2.45) is 0 Å². The van der Waals surface area contributed by atoms with Gasteiger partial charge in [0.05, 0.1) is 18.7 Å². The summed E-state index contributed by atoms with van der Waals surface area (Å²) in [4.78, 5) is 21.4. The van der Waals surface area contributed by atoms with Crippen LogP contribution in [0.15, 0.2) is 23.6 Å².